The lowest BCUT2D eigenvalue weighted by Crippen LogP contribution is -2.36. The molecule has 2 saturated heterocycles. The Kier molecular flexibility index (Phi) is 6.25. The van der Waals surface area contributed by atoms with Crippen LogP contribution in [0.3, 0.4) is 0 Å². The number of thioether (sulfide) groups is 2. The molecule has 4 rings (SSSR count). The lowest BCUT2D eigenvalue weighted by molar-refractivity contribution is 0.0938. The Hall–Kier alpha value is -0.950. The van der Waals surface area contributed by atoms with E-state index in [1.807, 2.05) is 35.7 Å². The van der Waals surface area contributed by atoms with Crippen molar-refractivity contribution in [1.82, 2.24) is 10.2 Å². The van der Waals surface area contributed by atoms with Crippen LogP contribution in [0.4, 0.5) is 0 Å². The first-order valence-corrected chi connectivity index (χ1v) is 12.2. The molecule has 1 amide bonds. The lowest BCUT2D eigenvalue weighted by Gasteiger charge is -2.27. The van der Waals surface area contributed by atoms with E-state index in [4.69, 9.17) is 0 Å². The molecule has 1 aromatic heterocycles. The fraction of sp³-hybridized carbons (Fsp3) is 0.450. The van der Waals surface area contributed by atoms with Gasteiger partial charge in [0.2, 0.25) is 0 Å². The van der Waals surface area contributed by atoms with Gasteiger partial charge in [-0.1, -0.05) is 18.2 Å². The molecule has 26 heavy (non-hydrogen) atoms. The van der Waals surface area contributed by atoms with Gasteiger partial charge in [0, 0.05) is 28.5 Å². The molecule has 2 fully saturated rings. The second-order valence-electron chi connectivity index (χ2n) is 6.68. The number of hydrogen-bond donors (Lipinski definition) is 1. The minimum atomic E-state index is 0.0315. The average molecular weight is 405 g/mol. The number of carbonyl (C=O) groups excluding carboxylic acids is 1. The van der Waals surface area contributed by atoms with Crippen molar-refractivity contribution in [1.29, 1.82) is 0 Å². The molecule has 138 valence electrons. The second kappa shape index (κ2) is 8.83. The maximum atomic E-state index is 12.6. The predicted molar refractivity (Wildman–Crippen MR) is 114 cm³/mol. The first-order valence-electron chi connectivity index (χ1n) is 9.20. The van der Waals surface area contributed by atoms with Crippen LogP contribution in [0.2, 0.25) is 0 Å². The summed E-state index contributed by atoms with van der Waals surface area (Å²) in [6, 6.07) is 12.8. The molecule has 0 aliphatic carbocycles. The summed E-state index contributed by atoms with van der Waals surface area (Å²) in [7, 11) is 0. The molecular weight excluding hydrogens is 380 g/mol. The molecule has 0 saturated carbocycles. The number of nitrogens with zero attached hydrogens (tertiary/aromatic N) is 1. The average Bonchev–Trinajstić information content (AvgIpc) is 3.45. The molecule has 2 aromatic rings. The minimum Gasteiger partial charge on any atom is -0.350 e. The molecule has 0 bridgehead atoms. The van der Waals surface area contributed by atoms with Crippen LogP contribution in [0.25, 0.3) is 0 Å². The van der Waals surface area contributed by atoms with E-state index in [0.717, 1.165) is 18.7 Å². The Bertz CT molecular complexity index is 705. The van der Waals surface area contributed by atoms with E-state index in [-0.39, 0.29) is 5.91 Å². The maximum Gasteiger partial charge on any atom is 0.251 e. The van der Waals surface area contributed by atoms with Gasteiger partial charge in [0.1, 0.15) is 0 Å². The van der Waals surface area contributed by atoms with Crippen molar-refractivity contribution in [2.75, 3.05) is 31.1 Å². The Balaban J connectivity index is 1.38. The summed E-state index contributed by atoms with van der Waals surface area (Å²) >= 11 is 5.77. The van der Waals surface area contributed by atoms with Gasteiger partial charge in [-0.3, -0.25) is 9.69 Å². The molecule has 1 N–H and O–H groups in total. The van der Waals surface area contributed by atoms with E-state index in [1.54, 1.807) is 11.3 Å². The zero-order valence-corrected chi connectivity index (χ0v) is 17.2. The van der Waals surface area contributed by atoms with E-state index >= 15 is 0 Å². The molecule has 6 heteroatoms. The largest absolute Gasteiger partial charge is 0.350 e. The topological polar surface area (TPSA) is 32.3 Å². The van der Waals surface area contributed by atoms with Crippen LogP contribution in [0.5, 0.6) is 0 Å². The zero-order valence-electron chi connectivity index (χ0n) is 14.7. The first kappa shape index (κ1) is 18.4. The Morgan fingerprint density at radius 1 is 1.12 bits per heavy atom. The highest BCUT2D eigenvalue weighted by Gasteiger charge is 2.25. The van der Waals surface area contributed by atoms with E-state index in [1.165, 1.54) is 34.8 Å². The van der Waals surface area contributed by atoms with Crippen molar-refractivity contribution in [3.05, 3.63) is 57.8 Å². The van der Waals surface area contributed by atoms with Crippen LogP contribution >= 0.6 is 34.9 Å². The molecular formula is C20H24N2OS3. The fourth-order valence-electron chi connectivity index (χ4n) is 3.58. The van der Waals surface area contributed by atoms with Gasteiger partial charge in [0.15, 0.2) is 0 Å². The van der Waals surface area contributed by atoms with Crippen LogP contribution in [0, 0.1) is 0 Å². The molecule has 1 unspecified atom stereocenters. The number of thiophene rings is 1. The molecule has 2 aliphatic rings. The third-order valence-electron chi connectivity index (χ3n) is 4.98. The maximum absolute atomic E-state index is 12.6. The standard InChI is InChI=1S/C20H24N2OS3/c23-19(15-5-7-16(8-6-15)20-25-12-13-26-20)21-14-17(18-4-3-11-24-18)22-9-1-2-10-22/h3-8,11,17,20H,1-2,9-10,12-14H2,(H,21,23). The number of amides is 1. The van der Waals surface area contributed by atoms with Crippen molar-refractivity contribution in [3.8, 4) is 0 Å². The van der Waals surface area contributed by atoms with Gasteiger partial charge in [-0.25, -0.2) is 0 Å². The van der Waals surface area contributed by atoms with E-state index in [2.05, 4.69) is 39.9 Å². The van der Waals surface area contributed by atoms with Gasteiger partial charge in [-0.2, -0.15) is 0 Å². The van der Waals surface area contributed by atoms with Gasteiger partial charge in [-0.15, -0.1) is 34.9 Å². The SMILES string of the molecule is O=C(NCC(c1cccs1)N1CCCC1)c1ccc(C2SCCS2)cc1. The van der Waals surface area contributed by atoms with Crippen molar-refractivity contribution in [2.45, 2.75) is 23.5 Å². The van der Waals surface area contributed by atoms with Crippen molar-refractivity contribution in [3.63, 3.8) is 0 Å². The van der Waals surface area contributed by atoms with Crippen LogP contribution in [-0.4, -0.2) is 41.9 Å². The monoisotopic (exact) mass is 404 g/mol. The highest BCUT2D eigenvalue weighted by atomic mass is 32.2. The number of likely N-dealkylation sites (tertiary alicyclic amines) is 1. The lowest BCUT2D eigenvalue weighted by atomic mass is 10.1. The smallest absolute Gasteiger partial charge is 0.251 e. The Morgan fingerprint density at radius 3 is 2.50 bits per heavy atom. The van der Waals surface area contributed by atoms with Crippen LogP contribution in [0.15, 0.2) is 41.8 Å². The molecule has 0 spiro atoms. The first-order chi connectivity index (χ1) is 12.8. The van der Waals surface area contributed by atoms with E-state index in [9.17, 15) is 4.79 Å². The predicted octanol–water partition coefficient (Wildman–Crippen LogP) is 4.79. The number of nitrogens with one attached hydrogen (secondary N) is 1. The summed E-state index contributed by atoms with van der Waals surface area (Å²) in [5.41, 5.74) is 2.08. The summed E-state index contributed by atoms with van der Waals surface area (Å²) in [6.07, 6.45) is 2.52. The second-order valence-corrected chi connectivity index (χ2v) is 10.4. The quantitative estimate of drug-likeness (QED) is 0.750. The number of carbonyl (C=O) groups is 1. The van der Waals surface area contributed by atoms with Gasteiger partial charge < -0.3 is 5.32 Å². The zero-order chi connectivity index (χ0) is 17.8. The summed E-state index contributed by atoms with van der Waals surface area (Å²) in [5.74, 6) is 2.47. The van der Waals surface area contributed by atoms with E-state index in [0.29, 0.717) is 17.2 Å². The van der Waals surface area contributed by atoms with Gasteiger partial charge in [-0.05, 0) is 55.1 Å². The molecule has 3 nitrogen and oxygen atoms in total. The molecule has 1 atom stereocenters. The molecule has 3 heterocycles. The molecule has 0 radical (unpaired) electrons. The highest BCUT2D eigenvalue weighted by molar-refractivity contribution is 8.19. The van der Waals surface area contributed by atoms with Gasteiger partial charge in [0.25, 0.3) is 5.91 Å². The number of benzene rings is 1. The summed E-state index contributed by atoms with van der Waals surface area (Å²) in [4.78, 5) is 16.5. The van der Waals surface area contributed by atoms with Crippen LogP contribution in [-0.2, 0) is 0 Å². The highest BCUT2D eigenvalue weighted by Crippen LogP contribution is 2.45. The summed E-state index contributed by atoms with van der Waals surface area (Å²) in [5, 5.41) is 5.29. The van der Waals surface area contributed by atoms with Crippen LogP contribution < -0.4 is 5.32 Å². The van der Waals surface area contributed by atoms with Crippen molar-refractivity contribution >= 4 is 40.8 Å². The third kappa shape index (κ3) is 4.30. The fourth-order valence-corrected chi connectivity index (χ4v) is 7.30. The van der Waals surface area contributed by atoms with Gasteiger partial charge >= 0.3 is 0 Å². The summed E-state index contributed by atoms with van der Waals surface area (Å²) < 4.78 is 0.533. The van der Waals surface area contributed by atoms with Crippen molar-refractivity contribution in [2.24, 2.45) is 0 Å². The molecule has 1 aromatic carbocycles. The van der Waals surface area contributed by atoms with Crippen LogP contribution in [0.1, 0.15) is 44.3 Å². The molecule has 2 aliphatic heterocycles. The van der Waals surface area contributed by atoms with Crippen molar-refractivity contribution < 1.29 is 4.79 Å². The number of hydrogen-bond acceptors (Lipinski definition) is 5. The third-order valence-corrected chi connectivity index (χ3v) is 9.05. The Morgan fingerprint density at radius 2 is 1.85 bits per heavy atom. The van der Waals surface area contributed by atoms with Gasteiger partial charge in [0.05, 0.1) is 10.6 Å². The number of rotatable bonds is 6. The normalized spacial score (nSPS) is 19.7. The van der Waals surface area contributed by atoms with E-state index < -0.39 is 0 Å². The minimum absolute atomic E-state index is 0.0315. The summed E-state index contributed by atoms with van der Waals surface area (Å²) in [6.45, 7) is 2.93. The Labute approximate surface area is 167 Å².